The lowest BCUT2D eigenvalue weighted by atomic mass is 9.86. The lowest BCUT2D eigenvalue weighted by Crippen LogP contribution is -2.55. The summed E-state index contributed by atoms with van der Waals surface area (Å²) in [5, 5.41) is 19.8. The van der Waals surface area contributed by atoms with Crippen LogP contribution in [0.15, 0.2) is 0 Å². The van der Waals surface area contributed by atoms with Gasteiger partial charge in [-0.25, -0.2) is 0 Å². The molecule has 1 aliphatic heterocycles. The number of rotatable bonds is 17. The van der Waals surface area contributed by atoms with Crippen molar-refractivity contribution in [2.24, 2.45) is 5.92 Å². The van der Waals surface area contributed by atoms with Crippen molar-refractivity contribution in [2.45, 2.75) is 228 Å². The summed E-state index contributed by atoms with van der Waals surface area (Å²) in [4.78, 5) is 5.00. The quantitative estimate of drug-likeness (QED) is 0.158. The first-order chi connectivity index (χ1) is 21.0. The van der Waals surface area contributed by atoms with Crippen LogP contribution in [0.2, 0.25) is 0 Å². The molecule has 0 aromatic rings. The number of aliphatic hydroxyl groups excluding tert-OH is 2. The largest absolute Gasteiger partial charge is 0.393 e. The number of piperidine rings is 1. The molecule has 2 fully saturated rings. The summed E-state index contributed by atoms with van der Waals surface area (Å²) in [5.41, 5.74) is 0.136. The van der Waals surface area contributed by atoms with E-state index in [1.807, 2.05) is 6.92 Å². The third kappa shape index (κ3) is 20.9. The Morgan fingerprint density at radius 2 is 1.16 bits per heavy atom. The lowest BCUT2D eigenvalue weighted by molar-refractivity contribution is -0.0347. The molecule has 1 aliphatic carbocycles. The third-order valence-electron chi connectivity index (χ3n) is 10.5. The smallest absolute Gasteiger partial charge is 0.0718 e. The molecule has 0 spiro atoms. The Hall–Kier alpha value is -0.160. The Balaban J connectivity index is 0. The van der Waals surface area contributed by atoms with Gasteiger partial charge in [0, 0.05) is 11.1 Å². The first kappa shape index (κ1) is 46.0. The van der Waals surface area contributed by atoms with E-state index in [1.165, 1.54) is 116 Å². The highest BCUT2D eigenvalue weighted by atomic mass is 16.3. The summed E-state index contributed by atoms with van der Waals surface area (Å²) in [6, 6.07) is 0. The van der Waals surface area contributed by atoms with Crippen LogP contribution in [0.4, 0.5) is 0 Å². The molecule has 4 nitrogen and oxygen atoms in total. The van der Waals surface area contributed by atoms with Gasteiger partial charge in [-0.05, 0) is 104 Å². The summed E-state index contributed by atoms with van der Waals surface area (Å²) >= 11 is 0. The number of nitrogens with zero attached hydrogens (tertiary/aromatic N) is 2. The number of likely N-dealkylation sites (tertiary alicyclic amines) is 1. The highest BCUT2D eigenvalue weighted by Gasteiger charge is 2.36. The molecule has 1 saturated heterocycles. The van der Waals surface area contributed by atoms with E-state index < -0.39 is 0 Å². The summed E-state index contributed by atoms with van der Waals surface area (Å²) < 4.78 is 0. The lowest BCUT2D eigenvalue weighted by Gasteiger charge is -2.45. The minimum Gasteiger partial charge on any atom is -0.393 e. The van der Waals surface area contributed by atoms with E-state index in [-0.39, 0.29) is 23.3 Å². The van der Waals surface area contributed by atoms with E-state index in [2.05, 4.69) is 79.0 Å². The number of aliphatic hydroxyl groups is 2. The maximum absolute atomic E-state index is 10.1. The minimum atomic E-state index is -0.175. The molecule has 268 valence electrons. The van der Waals surface area contributed by atoms with Gasteiger partial charge in [0.25, 0.3) is 0 Å². The zero-order valence-electron chi connectivity index (χ0n) is 32.5. The van der Waals surface area contributed by atoms with Gasteiger partial charge in [0.05, 0.1) is 12.2 Å². The summed E-state index contributed by atoms with van der Waals surface area (Å²) in [6.07, 6.45) is 25.6. The van der Waals surface area contributed by atoms with Gasteiger partial charge in [0.1, 0.15) is 0 Å². The van der Waals surface area contributed by atoms with Crippen LogP contribution < -0.4 is 0 Å². The van der Waals surface area contributed by atoms with Gasteiger partial charge in [-0.1, -0.05) is 132 Å². The van der Waals surface area contributed by atoms with Crippen LogP contribution in [0.1, 0.15) is 205 Å². The molecule has 1 heterocycles. The molecule has 4 heteroatoms. The van der Waals surface area contributed by atoms with E-state index in [1.54, 1.807) is 0 Å². The SMILES string of the molecule is CCC(O)C(C)(CC)N1CCCCC1.CCC1CCCCC1.CCCCCCC.CCCN(CCC)C(C)(C)CC(O)CC. The predicted octanol–water partition coefficient (Wildman–Crippen LogP) is 11.4. The molecule has 0 bridgehead atoms. The molecule has 3 atom stereocenters. The maximum Gasteiger partial charge on any atom is 0.0718 e. The van der Waals surface area contributed by atoms with Crippen LogP contribution >= 0.6 is 0 Å². The predicted molar refractivity (Wildman–Crippen MR) is 199 cm³/mol. The molecule has 44 heavy (non-hydrogen) atoms. The fourth-order valence-electron chi connectivity index (χ4n) is 6.89. The molecule has 2 N–H and O–H groups in total. The highest BCUT2D eigenvalue weighted by molar-refractivity contribution is 4.92. The third-order valence-corrected chi connectivity index (χ3v) is 10.5. The van der Waals surface area contributed by atoms with Crippen LogP contribution in [-0.4, -0.2) is 69.5 Å². The van der Waals surface area contributed by atoms with E-state index in [0.29, 0.717) is 0 Å². The second-order valence-corrected chi connectivity index (χ2v) is 14.7. The van der Waals surface area contributed by atoms with Gasteiger partial charge >= 0.3 is 0 Å². The number of hydrogen-bond acceptors (Lipinski definition) is 4. The monoisotopic (exact) mass is 627 g/mol. The minimum absolute atomic E-state index is 0.00910. The molecular weight excluding hydrogens is 540 g/mol. The van der Waals surface area contributed by atoms with Crippen molar-refractivity contribution >= 4 is 0 Å². The summed E-state index contributed by atoms with van der Waals surface area (Å²) in [5.74, 6) is 1.09. The first-order valence-corrected chi connectivity index (χ1v) is 19.8. The van der Waals surface area contributed by atoms with Gasteiger partial charge < -0.3 is 10.2 Å². The Labute approximate surface area is 279 Å². The summed E-state index contributed by atoms with van der Waals surface area (Å²) in [6.45, 7) is 28.9. The molecule has 1 saturated carbocycles. The first-order valence-electron chi connectivity index (χ1n) is 19.8. The van der Waals surface area contributed by atoms with Gasteiger partial charge in [0.2, 0.25) is 0 Å². The van der Waals surface area contributed by atoms with E-state index >= 15 is 0 Å². The van der Waals surface area contributed by atoms with E-state index in [4.69, 9.17) is 0 Å². The van der Waals surface area contributed by atoms with E-state index in [9.17, 15) is 10.2 Å². The maximum atomic E-state index is 10.1. The fourth-order valence-corrected chi connectivity index (χ4v) is 6.89. The Morgan fingerprint density at radius 3 is 1.52 bits per heavy atom. The van der Waals surface area contributed by atoms with E-state index in [0.717, 1.165) is 44.7 Å². The second-order valence-electron chi connectivity index (χ2n) is 14.7. The molecule has 0 aromatic heterocycles. The van der Waals surface area contributed by atoms with Crippen molar-refractivity contribution in [3.8, 4) is 0 Å². The molecule has 0 radical (unpaired) electrons. The zero-order chi connectivity index (χ0) is 33.9. The Kier molecular flexibility index (Phi) is 30.3. The molecule has 0 aromatic carbocycles. The van der Waals surface area contributed by atoms with Gasteiger partial charge in [-0.2, -0.15) is 0 Å². The van der Waals surface area contributed by atoms with Crippen molar-refractivity contribution < 1.29 is 10.2 Å². The van der Waals surface area contributed by atoms with Crippen LogP contribution in [0.25, 0.3) is 0 Å². The van der Waals surface area contributed by atoms with Crippen molar-refractivity contribution in [1.82, 2.24) is 9.80 Å². The molecule has 3 unspecified atom stereocenters. The molecule has 2 aliphatic rings. The van der Waals surface area contributed by atoms with Crippen LogP contribution in [0.3, 0.4) is 0 Å². The average molecular weight is 627 g/mol. The van der Waals surface area contributed by atoms with Crippen molar-refractivity contribution in [1.29, 1.82) is 0 Å². The molecule has 0 amide bonds. The van der Waals surface area contributed by atoms with Gasteiger partial charge in [-0.3, -0.25) is 9.80 Å². The topological polar surface area (TPSA) is 46.9 Å². The van der Waals surface area contributed by atoms with Crippen LogP contribution in [-0.2, 0) is 0 Å². The number of unbranched alkanes of at least 4 members (excludes halogenated alkanes) is 4. The van der Waals surface area contributed by atoms with Gasteiger partial charge in [0.15, 0.2) is 0 Å². The highest BCUT2D eigenvalue weighted by Crippen LogP contribution is 2.29. The second kappa shape index (κ2) is 29.0. The van der Waals surface area contributed by atoms with Crippen LogP contribution in [0.5, 0.6) is 0 Å². The molecule has 2 rings (SSSR count). The zero-order valence-corrected chi connectivity index (χ0v) is 32.5. The standard InChI is InChI=1S/C13H29NO.C12H25NO.C8H16.C7H16/c1-6-9-14(10-7-2)13(4,5)11-12(15)8-3;1-4-11(14)12(3,5-2)13-9-7-6-8-10-13;1-2-8-6-4-3-5-7-8;1-3-5-7-6-4-2/h12,15H,6-11H2,1-5H3;11,14H,4-10H2,1-3H3;8H,2-7H2,1H3;3-7H2,1-2H3. The molecular formula is C40H86N2O2. The summed E-state index contributed by atoms with van der Waals surface area (Å²) in [7, 11) is 0. The van der Waals surface area contributed by atoms with Gasteiger partial charge in [-0.15, -0.1) is 0 Å². The van der Waals surface area contributed by atoms with Crippen molar-refractivity contribution in [3.05, 3.63) is 0 Å². The normalized spacial score (nSPS) is 19.0. The van der Waals surface area contributed by atoms with Crippen LogP contribution in [0, 0.1) is 5.92 Å². The Morgan fingerprint density at radius 1 is 0.659 bits per heavy atom. The average Bonchev–Trinajstić information content (AvgIpc) is 3.05. The van der Waals surface area contributed by atoms with Crippen molar-refractivity contribution in [2.75, 3.05) is 26.2 Å². The van der Waals surface area contributed by atoms with Crippen molar-refractivity contribution in [3.63, 3.8) is 0 Å². The number of hydrogen-bond donors (Lipinski definition) is 2. The Bertz CT molecular complexity index is 576. The fraction of sp³-hybridized carbons (Fsp3) is 1.00.